The lowest BCUT2D eigenvalue weighted by Gasteiger charge is -2.42. The van der Waals surface area contributed by atoms with Crippen molar-refractivity contribution >= 4 is 11.6 Å². The van der Waals surface area contributed by atoms with E-state index in [-0.39, 0.29) is 5.54 Å². The average Bonchev–Trinajstić information content (AvgIpc) is 2.46. The van der Waals surface area contributed by atoms with Crippen LogP contribution in [0.3, 0.4) is 0 Å². The molecule has 0 aliphatic carbocycles. The van der Waals surface area contributed by atoms with Crippen LogP contribution in [-0.4, -0.2) is 24.0 Å². The summed E-state index contributed by atoms with van der Waals surface area (Å²) in [6.45, 7) is 8.43. The Labute approximate surface area is 129 Å². The lowest BCUT2D eigenvalue weighted by Crippen LogP contribution is -2.52. The van der Waals surface area contributed by atoms with Crippen molar-refractivity contribution in [1.29, 1.82) is 0 Å². The molecule has 0 heterocycles. The van der Waals surface area contributed by atoms with Crippen LogP contribution in [0.1, 0.15) is 45.6 Å². The highest BCUT2D eigenvalue weighted by Crippen LogP contribution is 2.29. The molecule has 0 aliphatic rings. The summed E-state index contributed by atoms with van der Waals surface area (Å²) in [7, 11) is 2.19. The summed E-state index contributed by atoms with van der Waals surface area (Å²) in [4.78, 5) is 2.42. The number of halogens is 1. The maximum Gasteiger partial charge on any atom is 0.0406 e. The second-order valence-corrected chi connectivity index (χ2v) is 6.42. The van der Waals surface area contributed by atoms with E-state index in [4.69, 9.17) is 17.3 Å². The van der Waals surface area contributed by atoms with E-state index in [1.54, 1.807) is 0 Å². The van der Waals surface area contributed by atoms with E-state index >= 15 is 0 Å². The molecule has 1 aromatic carbocycles. The molecule has 2 unspecified atom stereocenters. The van der Waals surface area contributed by atoms with Crippen LogP contribution in [0.15, 0.2) is 24.3 Å². The fraction of sp³-hybridized carbons (Fsp3) is 0.647. The van der Waals surface area contributed by atoms with Gasteiger partial charge in [-0.05, 0) is 43.5 Å². The van der Waals surface area contributed by atoms with Gasteiger partial charge in [0.25, 0.3) is 0 Å². The topological polar surface area (TPSA) is 29.3 Å². The molecule has 3 heteroatoms. The fourth-order valence-corrected chi connectivity index (χ4v) is 2.90. The number of hydrogen-bond acceptors (Lipinski definition) is 2. The van der Waals surface area contributed by atoms with E-state index in [1.807, 2.05) is 12.1 Å². The first-order valence-corrected chi connectivity index (χ1v) is 8.01. The predicted molar refractivity (Wildman–Crippen MR) is 89.1 cm³/mol. The third-order valence-corrected chi connectivity index (χ3v) is 4.86. The molecule has 0 spiro atoms. The SMILES string of the molecule is CCC(C)CC(CC)(CN)N(C)Cc1ccc(Cl)cc1. The molecule has 2 N–H and O–H groups in total. The van der Waals surface area contributed by atoms with E-state index in [1.165, 1.54) is 12.0 Å². The van der Waals surface area contributed by atoms with E-state index in [0.717, 1.165) is 24.4 Å². The van der Waals surface area contributed by atoms with E-state index in [9.17, 15) is 0 Å². The molecular weight excluding hydrogens is 268 g/mol. The molecule has 2 nitrogen and oxygen atoms in total. The van der Waals surface area contributed by atoms with Gasteiger partial charge in [0.15, 0.2) is 0 Å². The molecule has 0 saturated heterocycles. The van der Waals surface area contributed by atoms with Crippen molar-refractivity contribution < 1.29 is 0 Å². The van der Waals surface area contributed by atoms with Gasteiger partial charge in [-0.3, -0.25) is 4.90 Å². The van der Waals surface area contributed by atoms with Gasteiger partial charge in [0, 0.05) is 23.7 Å². The molecule has 20 heavy (non-hydrogen) atoms. The molecule has 0 radical (unpaired) electrons. The largest absolute Gasteiger partial charge is 0.329 e. The fourth-order valence-electron chi connectivity index (χ4n) is 2.78. The molecule has 0 amide bonds. The Bertz CT molecular complexity index is 384. The van der Waals surface area contributed by atoms with Crippen molar-refractivity contribution in [3.05, 3.63) is 34.9 Å². The molecule has 2 atom stereocenters. The molecule has 1 rings (SSSR count). The van der Waals surface area contributed by atoms with Crippen molar-refractivity contribution in [1.82, 2.24) is 4.90 Å². The quantitative estimate of drug-likeness (QED) is 0.774. The lowest BCUT2D eigenvalue weighted by atomic mass is 9.83. The molecule has 0 saturated carbocycles. The van der Waals surface area contributed by atoms with Crippen LogP contribution in [-0.2, 0) is 6.54 Å². The van der Waals surface area contributed by atoms with Crippen LogP contribution in [0.2, 0.25) is 5.02 Å². The third-order valence-electron chi connectivity index (χ3n) is 4.61. The van der Waals surface area contributed by atoms with E-state index < -0.39 is 0 Å². The molecule has 0 aliphatic heterocycles. The zero-order valence-corrected chi connectivity index (χ0v) is 14.1. The van der Waals surface area contributed by atoms with Gasteiger partial charge in [0.2, 0.25) is 0 Å². The summed E-state index contributed by atoms with van der Waals surface area (Å²) in [5.41, 5.74) is 7.51. The summed E-state index contributed by atoms with van der Waals surface area (Å²) in [5.74, 6) is 0.700. The number of rotatable bonds is 8. The molecule has 1 aromatic rings. The Morgan fingerprint density at radius 1 is 1.25 bits per heavy atom. The van der Waals surface area contributed by atoms with Crippen LogP contribution in [0.5, 0.6) is 0 Å². The van der Waals surface area contributed by atoms with Crippen LogP contribution in [0.4, 0.5) is 0 Å². The van der Waals surface area contributed by atoms with Crippen LogP contribution in [0.25, 0.3) is 0 Å². The van der Waals surface area contributed by atoms with Crippen molar-refractivity contribution in [2.45, 2.75) is 52.1 Å². The number of hydrogen-bond donors (Lipinski definition) is 1. The maximum absolute atomic E-state index is 6.14. The van der Waals surface area contributed by atoms with Gasteiger partial charge < -0.3 is 5.73 Å². The maximum atomic E-state index is 6.14. The van der Waals surface area contributed by atoms with Crippen LogP contribution >= 0.6 is 11.6 Å². The van der Waals surface area contributed by atoms with E-state index in [2.05, 4.69) is 44.9 Å². The smallest absolute Gasteiger partial charge is 0.0406 e. The first-order valence-electron chi connectivity index (χ1n) is 7.63. The molecule has 0 fully saturated rings. The summed E-state index contributed by atoms with van der Waals surface area (Å²) in [6, 6.07) is 8.10. The number of nitrogens with zero attached hydrogens (tertiary/aromatic N) is 1. The molecular formula is C17H29ClN2. The zero-order valence-electron chi connectivity index (χ0n) is 13.3. The Morgan fingerprint density at radius 3 is 2.30 bits per heavy atom. The second kappa shape index (κ2) is 8.02. The summed E-state index contributed by atoms with van der Waals surface area (Å²) >= 11 is 5.95. The van der Waals surface area contributed by atoms with Crippen molar-refractivity contribution in [2.24, 2.45) is 11.7 Å². The number of nitrogens with two attached hydrogens (primary N) is 1. The van der Waals surface area contributed by atoms with Gasteiger partial charge in [0.1, 0.15) is 0 Å². The Balaban J connectivity index is 2.82. The van der Waals surface area contributed by atoms with Gasteiger partial charge in [0.05, 0.1) is 0 Å². The first-order chi connectivity index (χ1) is 9.47. The molecule has 114 valence electrons. The second-order valence-electron chi connectivity index (χ2n) is 5.98. The first kappa shape index (κ1) is 17.5. The van der Waals surface area contributed by atoms with Crippen molar-refractivity contribution in [3.63, 3.8) is 0 Å². The highest BCUT2D eigenvalue weighted by Gasteiger charge is 2.32. The van der Waals surface area contributed by atoms with Crippen LogP contribution < -0.4 is 5.73 Å². The monoisotopic (exact) mass is 296 g/mol. The number of likely N-dealkylation sites (N-methyl/N-ethyl adjacent to an activating group) is 1. The standard InChI is InChI=1S/C17H29ClN2/c1-5-14(3)11-17(6-2,13-19)20(4)12-15-7-9-16(18)10-8-15/h7-10,14H,5-6,11-13,19H2,1-4H3. The highest BCUT2D eigenvalue weighted by atomic mass is 35.5. The summed E-state index contributed by atoms with van der Waals surface area (Å²) < 4.78 is 0. The van der Waals surface area contributed by atoms with Gasteiger partial charge in [-0.1, -0.05) is 50.9 Å². The normalized spacial score (nSPS) is 16.1. The Hall–Kier alpha value is -0.570. The van der Waals surface area contributed by atoms with Crippen molar-refractivity contribution in [2.75, 3.05) is 13.6 Å². The van der Waals surface area contributed by atoms with Crippen LogP contribution in [0, 0.1) is 5.92 Å². The highest BCUT2D eigenvalue weighted by molar-refractivity contribution is 6.30. The average molecular weight is 297 g/mol. The van der Waals surface area contributed by atoms with E-state index in [0.29, 0.717) is 12.5 Å². The zero-order chi connectivity index (χ0) is 15.2. The summed E-state index contributed by atoms with van der Waals surface area (Å²) in [5, 5.41) is 0.789. The Kier molecular flexibility index (Phi) is 7.01. The third kappa shape index (κ3) is 4.47. The summed E-state index contributed by atoms with van der Waals surface area (Å²) in [6.07, 6.45) is 3.44. The van der Waals surface area contributed by atoms with Gasteiger partial charge in [-0.15, -0.1) is 0 Å². The minimum absolute atomic E-state index is 0.0923. The molecule has 0 aromatic heterocycles. The van der Waals surface area contributed by atoms with Gasteiger partial charge in [-0.25, -0.2) is 0 Å². The minimum Gasteiger partial charge on any atom is -0.329 e. The van der Waals surface area contributed by atoms with Gasteiger partial charge in [-0.2, -0.15) is 0 Å². The lowest BCUT2D eigenvalue weighted by molar-refractivity contribution is 0.0855. The van der Waals surface area contributed by atoms with Crippen molar-refractivity contribution in [3.8, 4) is 0 Å². The van der Waals surface area contributed by atoms with Gasteiger partial charge >= 0.3 is 0 Å². The predicted octanol–water partition coefficient (Wildman–Crippen LogP) is 4.32. The minimum atomic E-state index is 0.0923. The Morgan fingerprint density at radius 2 is 1.85 bits per heavy atom. The molecule has 0 bridgehead atoms. The number of benzene rings is 1.